The summed E-state index contributed by atoms with van der Waals surface area (Å²) < 4.78 is 0. The average Bonchev–Trinajstić information content (AvgIpc) is 2.15. The Balaban J connectivity index is 3.32. The topological polar surface area (TPSA) is 29.1 Å². The maximum absolute atomic E-state index is 11.3. The molecule has 1 N–H and O–H groups in total. The molecule has 0 rings (SSSR count). The Hall–Kier alpha value is -0.240. The minimum atomic E-state index is -0.0678. The molecule has 84 valence electrons. The number of amides is 1. The van der Waals surface area contributed by atoms with Crippen LogP contribution in [-0.2, 0) is 4.79 Å². The van der Waals surface area contributed by atoms with Gasteiger partial charge in [-0.05, 0) is 12.3 Å². The Bertz CT molecular complexity index is 159. The van der Waals surface area contributed by atoms with Crippen molar-refractivity contribution in [3.8, 4) is 0 Å². The van der Waals surface area contributed by atoms with Crippen LogP contribution in [-0.4, -0.2) is 18.3 Å². The van der Waals surface area contributed by atoms with E-state index in [2.05, 4.69) is 19.2 Å². The maximum Gasteiger partial charge on any atom is 0.224 e. The van der Waals surface area contributed by atoms with Gasteiger partial charge in [-0.3, -0.25) is 4.79 Å². The molecule has 0 spiro atoms. The summed E-state index contributed by atoms with van der Waals surface area (Å²) in [6.07, 6.45) is 3.49. The number of nitrogens with one attached hydrogen (secondary N) is 1. The van der Waals surface area contributed by atoms with Crippen LogP contribution in [0.1, 0.15) is 40.0 Å². The molecule has 0 saturated carbocycles. The van der Waals surface area contributed by atoms with E-state index in [1.54, 1.807) is 0 Å². The van der Waals surface area contributed by atoms with Crippen molar-refractivity contribution in [1.82, 2.24) is 5.32 Å². The van der Waals surface area contributed by atoms with E-state index in [-0.39, 0.29) is 11.8 Å². The van der Waals surface area contributed by atoms with E-state index in [1.165, 1.54) is 12.8 Å². The molecule has 1 unspecified atom stereocenters. The van der Waals surface area contributed by atoms with Crippen LogP contribution in [0.25, 0.3) is 0 Å². The second kappa shape index (κ2) is 8.10. The SMILES string of the molecule is CC(C)CCCCNC(=O)C(C)CCl. The minimum absolute atomic E-state index is 0.0678. The molecule has 0 bridgehead atoms. The van der Waals surface area contributed by atoms with Crippen LogP contribution >= 0.6 is 11.6 Å². The monoisotopic (exact) mass is 219 g/mol. The van der Waals surface area contributed by atoms with Crippen LogP contribution in [0.15, 0.2) is 0 Å². The lowest BCUT2D eigenvalue weighted by Crippen LogP contribution is -2.30. The molecule has 1 atom stereocenters. The van der Waals surface area contributed by atoms with Crippen LogP contribution < -0.4 is 5.32 Å². The van der Waals surface area contributed by atoms with Crippen molar-refractivity contribution in [2.75, 3.05) is 12.4 Å². The standard InChI is InChI=1S/C11H22ClNO/c1-9(2)6-4-5-7-13-11(14)10(3)8-12/h9-10H,4-8H2,1-3H3,(H,13,14). The quantitative estimate of drug-likeness (QED) is 0.518. The molecule has 0 aliphatic heterocycles. The summed E-state index contributed by atoms with van der Waals surface area (Å²) in [5.41, 5.74) is 0. The first kappa shape index (κ1) is 13.8. The summed E-state index contributed by atoms with van der Waals surface area (Å²) in [7, 11) is 0. The van der Waals surface area contributed by atoms with Crippen molar-refractivity contribution in [3.05, 3.63) is 0 Å². The van der Waals surface area contributed by atoms with Crippen molar-refractivity contribution >= 4 is 17.5 Å². The van der Waals surface area contributed by atoms with Gasteiger partial charge in [0.1, 0.15) is 0 Å². The molecule has 0 aliphatic carbocycles. The number of alkyl halides is 1. The number of hydrogen-bond donors (Lipinski definition) is 1. The molecule has 0 aliphatic rings. The van der Waals surface area contributed by atoms with Crippen molar-refractivity contribution in [2.24, 2.45) is 11.8 Å². The van der Waals surface area contributed by atoms with Gasteiger partial charge in [-0.25, -0.2) is 0 Å². The van der Waals surface area contributed by atoms with Gasteiger partial charge in [0, 0.05) is 18.3 Å². The van der Waals surface area contributed by atoms with E-state index in [9.17, 15) is 4.79 Å². The van der Waals surface area contributed by atoms with E-state index in [1.807, 2.05) is 6.92 Å². The highest BCUT2D eigenvalue weighted by molar-refractivity contribution is 6.19. The molecule has 1 amide bonds. The molecule has 0 aromatic carbocycles. The predicted molar refractivity (Wildman–Crippen MR) is 61.6 cm³/mol. The molecule has 2 nitrogen and oxygen atoms in total. The van der Waals surface area contributed by atoms with E-state index in [0.29, 0.717) is 5.88 Å². The highest BCUT2D eigenvalue weighted by Crippen LogP contribution is 2.05. The number of carbonyl (C=O) groups excluding carboxylic acids is 1. The Labute approximate surface area is 92.4 Å². The molecular formula is C11H22ClNO. The van der Waals surface area contributed by atoms with E-state index >= 15 is 0 Å². The van der Waals surface area contributed by atoms with Crippen molar-refractivity contribution in [3.63, 3.8) is 0 Å². The highest BCUT2D eigenvalue weighted by atomic mass is 35.5. The fraction of sp³-hybridized carbons (Fsp3) is 0.909. The summed E-state index contributed by atoms with van der Waals surface area (Å²) in [5.74, 6) is 1.16. The van der Waals surface area contributed by atoms with Gasteiger partial charge in [0.2, 0.25) is 5.91 Å². The zero-order chi connectivity index (χ0) is 11.0. The second-order valence-electron chi connectivity index (χ2n) is 4.24. The Morgan fingerprint density at radius 1 is 1.29 bits per heavy atom. The van der Waals surface area contributed by atoms with Gasteiger partial charge in [-0.15, -0.1) is 11.6 Å². The zero-order valence-electron chi connectivity index (χ0n) is 9.48. The van der Waals surface area contributed by atoms with Crippen LogP contribution in [0.4, 0.5) is 0 Å². The van der Waals surface area contributed by atoms with Gasteiger partial charge in [-0.2, -0.15) is 0 Å². The average molecular weight is 220 g/mol. The second-order valence-corrected chi connectivity index (χ2v) is 4.54. The van der Waals surface area contributed by atoms with E-state index in [0.717, 1.165) is 18.9 Å². The lowest BCUT2D eigenvalue weighted by molar-refractivity contribution is -0.123. The lowest BCUT2D eigenvalue weighted by atomic mass is 10.1. The fourth-order valence-corrected chi connectivity index (χ4v) is 1.27. The molecule has 3 heteroatoms. The fourth-order valence-electron chi connectivity index (χ4n) is 1.13. The Morgan fingerprint density at radius 3 is 2.43 bits per heavy atom. The van der Waals surface area contributed by atoms with Gasteiger partial charge in [0.25, 0.3) is 0 Å². The summed E-state index contributed by atoms with van der Waals surface area (Å²) in [6, 6.07) is 0. The van der Waals surface area contributed by atoms with Crippen LogP contribution in [0.2, 0.25) is 0 Å². The van der Waals surface area contributed by atoms with Crippen molar-refractivity contribution in [2.45, 2.75) is 40.0 Å². The summed E-state index contributed by atoms with van der Waals surface area (Å²) in [5, 5.41) is 2.88. The molecule has 0 aromatic rings. The predicted octanol–water partition coefficient (Wildman–Crippen LogP) is 2.80. The first-order valence-electron chi connectivity index (χ1n) is 5.41. The maximum atomic E-state index is 11.3. The number of hydrogen-bond acceptors (Lipinski definition) is 1. The number of halogens is 1. The number of unbranched alkanes of at least 4 members (excludes halogenated alkanes) is 1. The molecule has 0 aromatic heterocycles. The van der Waals surface area contributed by atoms with Gasteiger partial charge in [0.15, 0.2) is 0 Å². The zero-order valence-corrected chi connectivity index (χ0v) is 10.2. The first-order chi connectivity index (χ1) is 6.57. The normalized spacial score (nSPS) is 12.9. The first-order valence-corrected chi connectivity index (χ1v) is 5.95. The molecular weight excluding hydrogens is 198 g/mol. The third-order valence-corrected chi connectivity index (χ3v) is 2.65. The molecule has 0 radical (unpaired) electrons. The smallest absolute Gasteiger partial charge is 0.224 e. The number of carbonyl (C=O) groups is 1. The van der Waals surface area contributed by atoms with Crippen molar-refractivity contribution < 1.29 is 4.79 Å². The van der Waals surface area contributed by atoms with Gasteiger partial charge >= 0.3 is 0 Å². The molecule has 0 saturated heterocycles. The van der Waals surface area contributed by atoms with Gasteiger partial charge in [-0.1, -0.05) is 33.6 Å². The third-order valence-electron chi connectivity index (χ3n) is 2.19. The molecule has 14 heavy (non-hydrogen) atoms. The molecule has 0 fully saturated rings. The van der Waals surface area contributed by atoms with Crippen LogP contribution in [0, 0.1) is 11.8 Å². The summed E-state index contributed by atoms with van der Waals surface area (Å²) in [4.78, 5) is 11.3. The Kier molecular flexibility index (Phi) is 7.96. The van der Waals surface area contributed by atoms with E-state index in [4.69, 9.17) is 11.6 Å². The summed E-state index contributed by atoms with van der Waals surface area (Å²) >= 11 is 5.57. The summed E-state index contributed by atoms with van der Waals surface area (Å²) in [6.45, 7) is 7.06. The van der Waals surface area contributed by atoms with Gasteiger partial charge < -0.3 is 5.32 Å². The third kappa shape index (κ3) is 7.19. The minimum Gasteiger partial charge on any atom is -0.356 e. The number of rotatable bonds is 7. The van der Waals surface area contributed by atoms with Gasteiger partial charge in [0.05, 0.1) is 0 Å². The van der Waals surface area contributed by atoms with Crippen molar-refractivity contribution in [1.29, 1.82) is 0 Å². The van der Waals surface area contributed by atoms with E-state index < -0.39 is 0 Å². The molecule has 0 heterocycles. The lowest BCUT2D eigenvalue weighted by Gasteiger charge is -2.09. The van der Waals surface area contributed by atoms with Crippen LogP contribution in [0.3, 0.4) is 0 Å². The highest BCUT2D eigenvalue weighted by Gasteiger charge is 2.09. The Morgan fingerprint density at radius 2 is 1.93 bits per heavy atom. The largest absolute Gasteiger partial charge is 0.356 e. The van der Waals surface area contributed by atoms with Crippen LogP contribution in [0.5, 0.6) is 0 Å².